The highest BCUT2D eigenvalue weighted by molar-refractivity contribution is 7.07. The van der Waals surface area contributed by atoms with Crippen LogP contribution in [0.25, 0.3) is 6.08 Å². The summed E-state index contributed by atoms with van der Waals surface area (Å²) < 4.78 is 17.6. The number of hydrogen-bond acceptors (Lipinski definition) is 10. The monoisotopic (exact) mass is 524 g/mol. The number of para-hydroxylation sites is 1. The highest BCUT2D eigenvalue weighted by atomic mass is 32.1. The second-order valence-corrected chi connectivity index (χ2v) is 8.87. The zero-order valence-corrected chi connectivity index (χ0v) is 21.2. The van der Waals surface area contributed by atoms with Crippen LogP contribution in [0.1, 0.15) is 31.0 Å². The first-order valence-electron chi connectivity index (χ1n) is 11.1. The van der Waals surface area contributed by atoms with Gasteiger partial charge in [-0.3, -0.25) is 19.5 Å². The van der Waals surface area contributed by atoms with Gasteiger partial charge in [0.15, 0.2) is 4.80 Å². The van der Waals surface area contributed by atoms with Gasteiger partial charge in [-0.05, 0) is 49.4 Å². The Balaban J connectivity index is 2.03. The van der Waals surface area contributed by atoms with Gasteiger partial charge in [0, 0.05) is 11.6 Å². The summed E-state index contributed by atoms with van der Waals surface area (Å²) in [6.07, 6.45) is 1.29. The molecule has 0 bridgehead atoms. The lowest BCUT2D eigenvalue weighted by molar-refractivity contribution is -0.398. The largest absolute Gasteiger partial charge is 0.867 e. The van der Waals surface area contributed by atoms with Crippen molar-refractivity contribution in [2.24, 2.45) is 4.99 Å². The van der Waals surface area contributed by atoms with Crippen molar-refractivity contribution in [3.63, 3.8) is 0 Å². The minimum absolute atomic E-state index is 0.0173. The Kier molecular flexibility index (Phi) is 7.11. The molecule has 1 aliphatic heterocycles. The number of thiazole rings is 1. The van der Waals surface area contributed by atoms with Crippen molar-refractivity contribution in [1.82, 2.24) is 4.57 Å². The number of esters is 1. The molecular weight excluding hydrogens is 502 g/mol. The molecule has 192 valence electrons. The Hall–Kier alpha value is -4.45. The number of fused-ring (bicyclic) bond motifs is 1. The van der Waals surface area contributed by atoms with Crippen molar-refractivity contribution in [1.29, 1.82) is 0 Å². The summed E-state index contributed by atoms with van der Waals surface area (Å²) >= 11 is 0.994. The number of carbonyl (C=O) groups is 1. The number of ether oxygens (including phenoxy) is 3. The number of benzene rings is 2. The molecule has 0 aliphatic carbocycles. The van der Waals surface area contributed by atoms with Gasteiger partial charge in [-0.1, -0.05) is 23.5 Å². The molecule has 2 aromatic carbocycles. The summed E-state index contributed by atoms with van der Waals surface area (Å²) in [6, 6.07) is 7.90. The van der Waals surface area contributed by atoms with E-state index in [1.807, 2.05) is 0 Å². The van der Waals surface area contributed by atoms with Crippen molar-refractivity contribution < 1.29 is 29.0 Å². The predicted octanol–water partition coefficient (Wildman–Crippen LogP) is 1.80. The van der Waals surface area contributed by atoms with Gasteiger partial charge in [-0.25, -0.2) is 9.79 Å². The molecule has 3 aromatic rings. The molecule has 0 N–H and O–H groups in total. The molecule has 0 saturated carbocycles. The van der Waals surface area contributed by atoms with Gasteiger partial charge in [0.2, 0.25) is 0 Å². The average molecular weight is 525 g/mol. The van der Waals surface area contributed by atoms with Gasteiger partial charge in [0.1, 0.15) is 17.5 Å². The van der Waals surface area contributed by atoms with E-state index >= 15 is 0 Å². The number of nitro groups is 1. The zero-order chi connectivity index (χ0) is 26.9. The van der Waals surface area contributed by atoms with E-state index in [2.05, 4.69) is 4.99 Å². The highest BCUT2D eigenvalue weighted by Crippen LogP contribution is 2.38. The van der Waals surface area contributed by atoms with Crippen LogP contribution >= 0.6 is 11.3 Å². The molecule has 0 saturated heterocycles. The van der Waals surface area contributed by atoms with Gasteiger partial charge in [-0.15, -0.1) is 0 Å². The van der Waals surface area contributed by atoms with Crippen LogP contribution in [0.2, 0.25) is 0 Å². The molecule has 1 aliphatic rings. The van der Waals surface area contributed by atoms with E-state index in [1.165, 1.54) is 37.0 Å². The first kappa shape index (κ1) is 25.6. The normalized spacial score (nSPS) is 15.1. The molecule has 0 spiro atoms. The van der Waals surface area contributed by atoms with Crippen LogP contribution in [-0.4, -0.2) is 36.3 Å². The van der Waals surface area contributed by atoms with Gasteiger partial charge in [0.25, 0.3) is 11.2 Å². The van der Waals surface area contributed by atoms with Gasteiger partial charge in [0.05, 0.1) is 41.6 Å². The minimum atomic E-state index is -0.973. The summed E-state index contributed by atoms with van der Waals surface area (Å²) in [5.41, 5.74) is -0.198. The summed E-state index contributed by atoms with van der Waals surface area (Å²) in [4.78, 5) is 42.0. The van der Waals surface area contributed by atoms with Crippen LogP contribution in [0.3, 0.4) is 0 Å². The second-order valence-electron chi connectivity index (χ2n) is 7.86. The van der Waals surface area contributed by atoms with Crippen LogP contribution in [0.4, 0.5) is 5.69 Å². The van der Waals surface area contributed by atoms with E-state index in [0.29, 0.717) is 22.8 Å². The first-order valence-corrected chi connectivity index (χ1v) is 11.9. The van der Waals surface area contributed by atoms with Crippen LogP contribution in [0.15, 0.2) is 57.5 Å². The zero-order valence-electron chi connectivity index (χ0n) is 20.3. The Labute approximate surface area is 214 Å². The maximum absolute atomic E-state index is 13.7. The van der Waals surface area contributed by atoms with Crippen LogP contribution in [-0.2, 0) is 9.53 Å². The van der Waals surface area contributed by atoms with Crippen LogP contribution in [0, 0.1) is 10.1 Å². The Morgan fingerprint density at radius 1 is 1.24 bits per heavy atom. The van der Waals surface area contributed by atoms with E-state index in [-0.39, 0.29) is 27.1 Å². The predicted molar refractivity (Wildman–Crippen MR) is 132 cm³/mol. The van der Waals surface area contributed by atoms with E-state index < -0.39 is 33.9 Å². The maximum atomic E-state index is 13.7. The lowest BCUT2D eigenvalue weighted by Crippen LogP contribution is -2.40. The lowest BCUT2D eigenvalue weighted by atomic mass is 9.94. The molecule has 12 heteroatoms. The molecule has 37 heavy (non-hydrogen) atoms. The van der Waals surface area contributed by atoms with E-state index in [4.69, 9.17) is 14.2 Å². The number of methoxy groups -OCH3 is 2. The smallest absolute Gasteiger partial charge is 0.338 e. The van der Waals surface area contributed by atoms with Gasteiger partial charge in [-0.2, -0.15) is 0 Å². The third kappa shape index (κ3) is 4.58. The van der Waals surface area contributed by atoms with Gasteiger partial charge >= 0.3 is 5.97 Å². The second kappa shape index (κ2) is 10.3. The SMILES string of the molecule is CCOC(=O)C1=C(C)N=c2s/c(=C/c3cccc([N+](=O)[O-])c3[O-])c(=O)n2[C@@H]1c1cc(OC)ccc1OC. The standard InChI is InChI=1S/C25H23N3O8S/c1-5-36-24(31)20-13(2)26-25-27(21(20)16-12-15(34-3)9-10-18(16)35-4)23(30)19(37-25)11-14-7-6-8-17(22(14)29)28(32)33/h6-12,21,29H,5H2,1-4H3/p-1/b19-11+/t21-/m1/s1. The molecular formula is C25H22N3O8S-. The molecule has 0 fully saturated rings. The van der Waals surface area contributed by atoms with E-state index in [9.17, 15) is 24.8 Å². The van der Waals surface area contributed by atoms with Crippen molar-refractivity contribution in [2.45, 2.75) is 19.9 Å². The summed E-state index contributed by atoms with van der Waals surface area (Å²) in [5, 5.41) is 23.8. The minimum Gasteiger partial charge on any atom is -0.867 e. The fraction of sp³-hybridized carbons (Fsp3) is 0.240. The topological polar surface area (TPSA) is 145 Å². The molecule has 1 atom stereocenters. The number of allylic oxidation sites excluding steroid dienone is 1. The maximum Gasteiger partial charge on any atom is 0.338 e. The molecule has 0 amide bonds. The first-order chi connectivity index (χ1) is 17.7. The quantitative estimate of drug-likeness (QED) is 0.258. The van der Waals surface area contributed by atoms with Crippen molar-refractivity contribution >= 4 is 29.1 Å². The molecule has 1 aromatic heterocycles. The third-order valence-electron chi connectivity index (χ3n) is 5.76. The van der Waals surface area contributed by atoms with Crippen LogP contribution in [0.5, 0.6) is 17.2 Å². The number of nitro benzene ring substituents is 1. The number of carbonyl (C=O) groups excluding carboxylic acids is 1. The lowest BCUT2D eigenvalue weighted by Gasteiger charge is -2.26. The fourth-order valence-corrected chi connectivity index (χ4v) is 5.12. The Morgan fingerprint density at radius 3 is 2.65 bits per heavy atom. The van der Waals surface area contributed by atoms with Crippen molar-refractivity contribution in [3.8, 4) is 17.2 Å². The van der Waals surface area contributed by atoms with E-state index in [1.54, 1.807) is 32.0 Å². The summed E-state index contributed by atoms with van der Waals surface area (Å²) in [7, 11) is 2.96. The number of rotatable bonds is 7. The summed E-state index contributed by atoms with van der Waals surface area (Å²) in [5.74, 6) is -0.582. The molecule has 0 radical (unpaired) electrons. The van der Waals surface area contributed by atoms with Crippen LogP contribution < -0.4 is 29.5 Å². The van der Waals surface area contributed by atoms with E-state index in [0.717, 1.165) is 17.4 Å². The average Bonchev–Trinajstić information content (AvgIpc) is 3.18. The molecule has 0 unspecified atom stereocenters. The number of hydrogen-bond donors (Lipinski definition) is 0. The Bertz CT molecular complexity index is 1620. The van der Waals surface area contributed by atoms with Gasteiger partial charge < -0.3 is 19.3 Å². The number of aromatic nitrogens is 1. The fourth-order valence-electron chi connectivity index (χ4n) is 4.08. The molecule has 11 nitrogen and oxygen atoms in total. The molecule has 4 rings (SSSR count). The Morgan fingerprint density at radius 2 is 2.00 bits per heavy atom. The summed E-state index contributed by atoms with van der Waals surface area (Å²) in [6.45, 7) is 3.42. The van der Waals surface area contributed by atoms with Crippen molar-refractivity contribution in [2.75, 3.05) is 20.8 Å². The third-order valence-corrected chi connectivity index (χ3v) is 6.74. The highest BCUT2D eigenvalue weighted by Gasteiger charge is 2.35. The van der Waals surface area contributed by atoms with Crippen molar-refractivity contribution in [3.05, 3.63) is 88.6 Å². The number of nitrogens with zero attached hydrogens (tertiary/aromatic N) is 3. The molecule has 2 heterocycles.